The van der Waals surface area contributed by atoms with Crippen molar-refractivity contribution in [3.05, 3.63) is 57.9 Å². The Morgan fingerprint density at radius 1 is 1.29 bits per heavy atom. The summed E-state index contributed by atoms with van der Waals surface area (Å²) in [5.41, 5.74) is 2.52. The van der Waals surface area contributed by atoms with E-state index < -0.39 is 11.9 Å². The summed E-state index contributed by atoms with van der Waals surface area (Å²) in [4.78, 5) is 38.3. The van der Waals surface area contributed by atoms with E-state index in [1.807, 2.05) is 6.20 Å². The highest BCUT2D eigenvalue weighted by Crippen LogP contribution is 2.32. The molecule has 0 saturated carbocycles. The van der Waals surface area contributed by atoms with Crippen LogP contribution in [0.2, 0.25) is 5.02 Å². The van der Waals surface area contributed by atoms with Crippen LogP contribution in [0.1, 0.15) is 62.3 Å². The van der Waals surface area contributed by atoms with Crippen LogP contribution in [0.5, 0.6) is 0 Å². The molecule has 2 atom stereocenters. The predicted molar refractivity (Wildman–Crippen MR) is 128 cm³/mol. The number of nitrogens with one attached hydrogen (secondary N) is 1. The van der Waals surface area contributed by atoms with Gasteiger partial charge in [0.2, 0.25) is 5.91 Å². The highest BCUT2D eigenvalue weighted by atomic mass is 35.5. The Morgan fingerprint density at radius 3 is 2.79 bits per heavy atom. The number of amides is 3. The van der Waals surface area contributed by atoms with Gasteiger partial charge in [-0.05, 0) is 48.4 Å². The van der Waals surface area contributed by atoms with Crippen molar-refractivity contribution in [2.75, 3.05) is 13.1 Å². The number of likely N-dealkylation sites (tertiary alicyclic amines) is 1. The number of rotatable bonds is 5. The van der Waals surface area contributed by atoms with E-state index in [4.69, 9.17) is 16.6 Å². The van der Waals surface area contributed by atoms with Crippen LogP contribution in [-0.2, 0) is 24.2 Å². The lowest BCUT2D eigenvalue weighted by Crippen LogP contribution is -2.50. The first-order valence-corrected chi connectivity index (χ1v) is 12.2. The third-order valence-corrected chi connectivity index (χ3v) is 6.85. The van der Waals surface area contributed by atoms with Gasteiger partial charge in [0.15, 0.2) is 0 Å². The minimum Gasteiger partial charge on any atom is -0.338 e. The summed E-state index contributed by atoms with van der Waals surface area (Å²) in [6, 6.07) is 3.49. The fraction of sp³-hybridized carbons (Fsp3) is 0.520. The van der Waals surface area contributed by atoms with Crippen molar-refractivity contribution in [2.24, 2.45) is 5.92 Å². The van der Waals surface area contributed by atoms with Gasteiger partial charge in [-0.25, -0.2) is 19.2 Å². The zero-order chi connectivity index (χ0) is 24.4. The summed E-state index contributed by atoms with van der Waals surface area (Å²) >= 11 is 5.90. The van der Waals surface area contributed by atoms with Gasteiger partial charge < -0.3 is 15.1 Å². The van der Waals surface area contributed by atoms with Crippen molar-refractivity contribution in [2.45, 2.75) is 65.1 Å². The molecule has 0 aliphatic carbocycles. The van der Waals surface area contributed by atoms with Gasteiger partial charge in [0.25, 0.3) is 0 Å². The van der Waals surface area contributed by atoms with E-state index in [1.165, 1.54) is 19.1 Å². The molecule has 1 aromatic heterocycles. The van der Waals surface area contributed by atoms with Gasteiger partial charge in [-0.3, -0.25) is 4.79 Å². The van der Waals surface area contributed by atoms with Crippen LogP contribution >= 0.6 is 11.6 Å². The maximum absolute atomic E-state index is 14.3. The average Bonchev–Trinajstić information content (AvgIpc) is 3.28. The Morgan fingerprint density at radius 2 is 2.09 bits per heavy atom. The van der Waals surface area contributed by atoms with E-state index in [0.29, 0.717) is 37.5 Å². The zero-order valence-corrected chi connectivity index (χ0v) is 20.6. The van der Waals surface area contributed by atoms with Gasteiger partial charge in [0.05, 0.1) is 29.3 Å². The fourth-order valence-corrected chi connectivity index (χ4v) is 4.96. The number of nitrogens with zero attached hydrogens (tertiary/aromatic N) is 4. The first-order chi connectivity index (χ1) is 16.2. The largest absolute Gasteiger partial charge is 0.338 e. The second-order valence-corrected chi connectivity index (χ2v) is 9.96. The van der Waals surface area contributed by atoms with E-state index in [2.05, 4.69) is 24.1 Å². The van der Waals surface area contributed by atoms with E-state index in [1.54, 1.807) is 15.9 Å². The molecular formula is C25H31ClFN5O2. The molecule has 3 amide bonds. The summed E-state index contributed by atoms with van der Waals surface area (Å²) in [6.45, 7) is 7.31. The minimum atomic E-state index is -0.549. The van der Waals surface area contributed by atoms with Crippen LogP contribution in [0.3, 0.4) is 0 Å². The number of hydrogen-bond donors (Lipinski definition) is 1. The molecule has 0 spiro atoms. The number of aromatic nitrogens is 2. The van der Waals surface area contributed by atoms with E-state index in [9.17, 15) is 14.0 Å². The third-order valence-electron chi connectivity index (χ3n) is 6.54. The Bertz CT molecular complexity index is 1080. The maximum atomic E-state index is 14.3. The highest BCUT2D eigenvalue weighted by Gasteiger charge is 2.36. The van der Waals surface area contributed by atoms with Crippen LogP contribution in [0.15, 0.2) is 24.4 Å². The second kappa shape index (κ2) is 10.3. The van der Waals surface area contributed by atoms with Gasteiger partial charge in [0, 0.05) is 32.6 Å². The molecule has 3 heterocycles. The lowest BCUT2D eigenvalue weighted by Gasteiger charge is -2.35. The summed E-state index contributed by atoms with van der Waals surface area (Å²) in [5, 5.41) is 3.12. The van der Waals surface area contributed by atoms with Gasteiger partial charge in [-0.1, -0.05) is 31.5 Å². The Hall–Kier alpha value is -2.74. The molecule has 1 aromatic carbocycles. The first-order valence-electron chi connectivity index (χ1n) is 11.8. The van der Waals surface area contributed by atoms with Gasteiger partial charge in [-0.2, -0.15) is 0 Å². The van der Waals surface area contributed by atoms with Crippen molar-refractivity contribution in [3.63, 3.8) is 0 Å². The standard InChI is InChI=1S/C25H31ClFN5O2/c1-15(2)11-23-28-13-18-8-10-31(14-21(18)29-23)25(34)30-24(17-6-7-19(26)20(27)12-17)22-5-4-9-32(22)16(3)33/h6-7,12-13,15,22,24H,4-5,8-11,14H2,1-3H3,(H,30,34)/t22-,24-/m0/s1. The molecule has 34 heavy (non-hydrogen) atoms. The molecular weight excluding hydrogens is 457 g/mol. The summed E-state index contributed by atoms with van der Waals surface area (Å²) in [6.07, 6.45) is 4.89. The molecule has 0 radical (unpaired) electrons. The first kappa shape index (κ1) is 24.4. The monoisotopic (exact) mass is 487 g/mol. The summed E-state index contributed by atoms with van der Waals surface area (Å²) in [7, 11) is 0. The lowest BCUT2D eigenvalue weighted by atomic mass is 9.97. The Kier molecular flexibility index (Phi) is 7.36. The number of carbonyl (C=O) groups is 2. The number of fused-ring (bicyclic) bond motifs is 1. The number of urea groups is 1. The van der Waals surface area contributed by atoms with Crippen molar-refractivity contribution >= 4 is 23.5 Å². The van der Waals surface area contributed by atoms with Gasteiger partial charge in [0.1, 0.15) is 11.6 Å². The van der Waals surface area contributed by atoms with Crippen molar-refractivity contribution in [1.82, 2.24) is 25.1 Å². The normalized spacial score (nSPS) is 18.7. The average molecular weight is 488 g/mol. The number of carbonyl (C=O) groups excluding carboxylic acids is 2. The second-order valence-electron chi connectivity index (χ2n) is 9.55. The molecule has 0 unspecified atom stereocenters. The molecule has 7 nitrogen and oxygen atoms in total. The Labute approximate surface area is 204 Å². The predicted octanol–water partition coefficient (Wildman–Crippen LogP) is 4.29. The quantitative estimate of drug-likeness (QED) is 0.682. The number of hydrogen-bond acceptors (Lipinski definition) is 4. The smallest absolute Gasteiger partial charge is 0.318 e. The Balaban J connectivity index is 1.56. The minimum absolute atomic E-state index is 0.0215. The fourth-order valence-electron chi connectivity index (χ4n) is 4.84. The summed E-state index contributed by atoms with van der Waals surface area (Å²) < 4.78 is 14.3. The molecule has 9 heteroatoms. The highest BCUT2D eigenvalue weighted by molar-refractivity contribution is 6.30. The van der Waals surface area contributed by atoms with Crippen LogP contribution in [-0.4, -0.2) is 50.8 Å². The lowest BCUT2D eigenvalue weighted by molar-refractivity contribution is -0.130. The van der Waals surface area contributed by atoms with Gasteiger partial charge >= 0.3 is 6.03 Å². The van der Waals surface area contributed by atoms with Gasteiger partial charge in [-0.15, -0.1) is 0 Å². The zero-order valence-electron chi connectivity index (χ0n) is 19.9. The van der Waals surface area contributed by atoms with Crippen LogP contribution < -0.4 is 5.32 Å². The van der Waals surface area contributed by atoms with Crippen molar-refractivity contribution in [3.8, 4) is 0 Å². The van der Waals surface area contributed by atoms with Crippen LogP contribution in [0, 0.1) is 11.7 Å². The topological polar surface area (TPSA) is 78.4 Å². The number of benzene rings is 1. The molecule has 2 aliphatic heterocycles. The third kappa shape index (κ3) is 5.32. The van der Waals surface area contributed by atoms with Crippen LogP contribution in [0.25, 0.3) is 0 Å². The molecule has 2 aliphatic rings. The molecule has 1 fully saturated rings. The number of halogens is 2. The summed E-state index contributed by atoms with van der Waals surface area (Å²) in [5.74, 6) is 0.621. The van der Waals surface area contributed by atoms with E-state index in [0.717, 1.165) is 36.3 Å². The molecule has 2 aromatic rings. The molecule has 0 bridgehead atoms. The van der Waals surface area contributed by atoms with E-state index >= 15 is 0 Å². The van der Waals surface area contributed by atoms with Crippen LogP contribution in [0.4, 0.5) is 9.18 Å². The maximum Gasteiger partial charge on any atom is 0.318 e. The van der Waals surface area contributed by atoms with Crippen molar-refractivity contribution in [1.29, 1.82) is 0 Å². The SMILES string of the molecule is CC(=O)N1CCC[C@H]1[C@@H](NC(=O)N1CCc2cnc(CC(C)C)nc2C1)c1ccc(Cl)c(F)c1. The van der Waals surface area contributed by atoms with E-state index in [-0.39, 0.29) is 23.0 Å². The molecule has 4 rings (SSSR count). The molecule has 1 N–H and O–H groups in total. The van der Waals surface area contributed by atoms with Crippen molar-refractivity contribution < 1.29 is 14.0 Å². The molecule has 1 saturated heterocycles. The molecule has 182 valence electrons.